The van der Waals surface area contributed by atoms with Gasteiger partial charge in [0.1, 0.15) is 12.4 Å². The number of aryl methyl sites for hydroxylation is 2. The molecule has 108 valence electrons. The van der Waals surface area contributed by atoms with E-state index in [1.54, 1.807) is 4.68 Å². The van der Waals surface area contributed by atoms with Gasteiger partial charge in [0, 0.05) is 19.3 Å². The Hall–Kier alpha value is -1.81. The molecule has 2 N–H and O–H groups in total. The highest BCUT2D eigenvalue weighted by Crippen LogP contribution is 2.25. The van der Waals surface area contributed by atoms with Crippen molar-refractivity contribution in [2.24, 2.45) is 12.8 Å². The molecule has 0 aliphatic rings. The van der Waals surface area contributed by atoms with Crippen LogP contribution in [0.5, 0.6) is 5.75 Å². The van der Waals surface area contributed by atoms with Crippen molar-refractivity contribution in [3.05, 3.63) is 47.3 Å². The first-order valence-electron chi connectivity index (χ1n) is 7.05. The molecule has 1 unspecified atom stereocenters. The average molecular weight is 273 g/mol. The second kappa shape index (κ2) is 6.57. The topological polar surface area (TPSA) is 53.1 Å². The first kappa shape index (κ1) is 14.6. The number of hydrogen-bond donors (Lipinski definition) is 1. The van der Waals surface area contributed by atoms with E-state index in [1.165, 1.54) is 5.56 Å². The minimum Gasteiger partial charge on any atom is -0.487 e. The van der Waals surface area contributed by atoms with Crippen molar-refractivity contribution < 1.29 is 4.74 Å². The third kappa shape index (κ3) is 3.61. The maximum Gasteiger partial charge on any atom is 0.132 e. The molecular formula is C16H23N3O. The summed E-state index contributed by atoms with van der Waals surface area (Å²) in [6.45, 7) is 4.66. The second-order valence-electron chi connectivity index (χ2n) is 5.21. The van der Waals surface area contributed by atoms with Crippen LogP contribution < -0.4 is 10.5 Å². The van der Waals surface area contributed by atoms with Crippen molar-refractivity contribution in [2.75, 3.05) is 0 Å². The number of aromatic nitrogens is 2. The maximum atomic E-state index is 6.06. The summed E-state index contributed by atoms with van der Waals surface area (Å²) in [5.74, 6) is 0.946. The van der Waals surface area contributed by atoms with Gasteiger partial charge < -0.3 is 10.5 Å². The Morgan fingerprint density at radius 2 is 2.15 bits per heavy atom. The summed E-state index contributed by atoms with van der Waals surface area (Å²) in [5, 5.41) is 4.33. The molecule has 0 radical (unpaired) electrons. The van der Waals surface area contributed by atoms with Crippen LogP contribution in [0.4, 0.5) is 0 Å². The molecule has 0 fully saturated rings. The molecule has 20 heavy (non-hydrogen) atoms. The molecule has 4 heteroatoms. The number of hydrogen-bond acceptors (Lipinski definition) is 3. The number of rotatable bonds is 6. The molecule has 1 atom stereocenters. The Morgan fingerprint density at radius 1 is 1.35 bits per heavy atom. The van der Waals surface area contributed by atoms with Crippen LogP contribution in [-0.2, 0) is 20.1 Å². The van der Waals surface area contributed by atoms with Crippen molar-refractivity contribution in [3.63, 3.8) is 0 Å². The van der Waals surface area contributed by atoms with Crippen LogP contribution in [0, 0.1) is 6.92 Å². The zero-order valence-corrected chi connectivity index (χ0v) is 12.5. The van der Waals surface area contributed by atoms with Crippen LogP contribution in [0.15, 0.2) is 30.5 Å². The van der Waals surface area contributed by atoms with Crippen LogP contribution in [0.1, 0.15) is 30.2 Å². The molecular weight excluding hydrogens is 250 g/mol. The van der Waals surface area contributed by atoms with Crippen molar-refractivity contribution in [1.82, 2.24) is 9.78 Å². The number of para-hydroxylation sites is 1. The molecule has 2 aromatic rings. The van der Waals surface area contributed by atoms with Crippen LogP contribution in [-0.4, -0.2) is 15.8 Å². The van der Waals surface area contributed by atoms with Crippen molar-refractivity contribution in [3.8, 4) is 5.75 Å². The molecule has 0 aliphatic carbocycles. The second-order valence-corrected chi connectivity index (χ2v) is 5.21. The van der Waals surface area contributed by atoms with Gasteiger partial charge in [-0.05, 0) is 37.0 Å². The van der Waals surface area contributed by atoms with E-state index < -0.39 is 0 Å². The predicted octanol–water partition coefficient (Wildman–Crippen LogP) is 2.59. The normalized spacial score (nSPS) is 12.4. The SMILES string of the molecule is CCC(N)Cc1cccc(C)c1OCc1ccn(C)n1. The highest BCUT2D eigenvalue weighted by Gasteiger charge is 2.11. The third-order valence-corrected chi connectivity index (χ3v) is 3.43. The Kier molecular flexibility index (Phi) is 4.79. The van der Waals surface area contributed by atoms with Gasteiger partial charge in [-0.2, -0.15) is 5.10 Å². The van der Waals surface area contributed by atoms with E-state index in [2.05, 4.69) is 37.1 Å². The van der Waals surface area contributed by atoms with Gasteiger partial charge in [0.2, 0.25) is 0 Å². The number of nitrogens with zero attached hydrogens (tertiary/aromatic N) is 2. The summed E-state index contributed by atoms with van der Waals surface area (Å²) in [6, 6.07) is 8.36. The molecule has 4 nitrogen and oxygen atoms in total. The molecule has 0 bridgehead atoms. The van der Waals surface area contributed by atoms with Crippen LogP contribution in [0.3, 0.4) is 0 Å². The van der Waals surface area contributed by atoms with Crippen molar-refractivity contribution in [2.45, 2.75) is 39.3 Å². The molecule has 1 aromatic heterocycles. The van der Waals surface area contributed by atoms with Gasteiger partial charge in [-0.25, -0.2) is 0 Å². The molecule has 0 saturated heterocycles. The first-order valence-corrected chi connectivity index (χ1v) is 7.05. The van der Waals surface area contributed by atoms with Crippen molar-refractivity contribution >= 4 is 0 Å². The van der Waals surface area contributed by atoms with Gasteiger partial charge in [-0.15, -0.1) is 0 Å². The lowest BCUT2D eigenvalue weighted by Gasteiger charge is -2.16. The van der Waals surface area contributed by atoms with Crippen LogP contribution >= 0.6 is 0 Å². The lowest BCUT2D eigenvalue weighted by Crippen LogP contribution is -2.21. The minimum atomic E-state index is 0.175. The van der Waals surface area contributed by atoms with E-state index in [-0.39, 0.29) is 6.04 Å². The summed E-state index contributed by atoms with van der Waals surface area (Å²) in [7, 11) is 1.91. The molecule has 1 aromatic carbocycles. The van der Waals surface area contributed by atoms with Gasteiger partial charge in [-0.3, -0.25) is 4.68 Å². The molecule has 2 rings (SSSR count). The zero-order valence-electron chi connectivity index (χ0n) is 12.5. The van der Waals surface area contributed by atoms with Crippen LogP contribution in [0.25, 0.3) is 0 Å². The van der Waals surface area contributed by atoms with E-state index >= 15 is 0 Å². The van der Waals surface area contributed by atoms with Crippen molar-refractivity contribution in [1.29, 1.82) is 0 Å². The summed E-state index contributed by atoms with van der Waals surface area (Å²) in [4.78, 5) is 0. The largest absolute Gasteiger partial charge is 0.487 e. The Balaban J connectivity index is 2.12. The van der Waals surface area contributed by atoms with E-state index in [1.807, 2.05) is 19.3 Å². The third-order valence-electron chi connectivity index (χ3n) is 3.43. The lowest BCUT2D eigenvalue weighted by atomic mass is 10.0. The lowest BCUT2D eigenvalue weighted by molar-refractivity contribution is 0.294. The Morgan fingerprint density at radius 3 is 2.80 bits per heavy atom. The highest BCUT2D eigenvalue weighted by atomic mass is 16.5. The monoisotopic (exact) mass is 273 g/mol. The van der Waals surface area contributed by atoms with Gasteiger partial charge in [0.15, 0.2) is 0 Å². The number of ether oxygens (including phenoxy) is 1. The average Bonchev–Trinajstić information content (AvgIpc) is 2.83. The summed E-state index contributed by atoms with van der Waals surface area (Å²) >= 11 is 0. The predicted molar refractivity (Wildman–Crippen MR) is 80.7 cm³/mol. The molecule has 1 heterocycles. The van der Waals surface area contributed by atoms with E-state index in [0.29, 0.717) is 6.61 Å². The standard InChI is InChI=1S/C16H23N3O/c1-4-14(17)10-13-7-5-6-12(2)16(13)20-11-15-8-9-19(3)18-15/h5-9,14H,4,10-11,17H2,1-3H3. The van der Waals surface area contributed by atoms with E-state index in [9.17, 15) is 0 Å². The summed E-state index contributed by atoms with van der Waals surface area (Å²) in [5.41, 5.74) is 9.31. The molecule has 0 spiro atoms. The highest BCUT2D eigenvalue weighted by molar-refractivity contribution is 5.41. The fourth-order valence-corrected chi connectivity index (χ4v) is 2.19. The van der Waals surface area contributed by atoms with Gasteiger partial charge in [0.25, 0.3) is 0 Å². The quantitative estimate of drug-likeness (QED) is 0.880. The molecule has 0 saturated carbocycles. The maximum absolute atomic E-state index is 6.06. The smallest absolute Gasteiger partial charge is 0.132 e. The molecule has 0 amide bonds. The Labute approximate surface area is 120 Å². The van der Waals surface area contributed by atoms with Gasteiger partial charge in [-0.1, -0.05) is 25.1 Å². The minimum absolute atomic E-state index is 0.175. The summed E-state index contributed by atoms with van der Waals surface area (Å²) in [6.07, 6.45) is 3.73. The van der Waals surface area contributed by atoms with Gasteiger partial charge in [0.05, 0.1) is 5.69 Å². The fraction of sp³-hybridized carbons (Fsp3) is 0.438. The molecule has 0 aliphatic heterocycles. The number of nitrogens with two attached hydrogens (primary N) is 1. The van der Waals surface area contributed by atoms with Gasteiger partial charge >= 0.3 is 0 Å². The van der Waals surface area contributed by atoms with E-state index in [4.69, 9.17) is 10.5 Å². The summed E-state index contributed by atoms with van der Waals surface area (Å²) < 4.78 is 7.76. The Bertz CT molecular complexity index is 563. The zero-order chi connectivity index (χ0) is 14.5. The fourth-order valence-electron chi connectivity index (χ4n) is 2.19. The number of benzene rings is 1. The van der Waals surface area contributed by atoms with Crippen LogP contribution in [0.2, 0.25) is 0 Å². The van der Waals surface area contributed by atoms with E-state index in [0.717, 1.165) is 29.8 Å². The first-order chi connectivity index (χ1) is 9.60.